The largest absolute Gasteiger partial charge is 0.484 e. The van der Waals surface area contributed by atoms with E-state index in [1.807, 2.05) is 0 Å². The van der Waals surface area contributed by atoms with Crippen molar-refractivity contribution in [3.63, 3.8) is 0 Å². The first-order chi connectivity index (χ1) is 10.6. The number of benzene rings is 1. The number of hydrogen-bond acceptors (Lipinski definition) is 6. The van der Waals surface area contributed by atoms with Crippen LogP contribution in [0.1, 0.15) is 20.8 Å². The first-order valence-electron chi connectivity index (χ1n) is 6.68. The molecule has 2 N–H and O–H groups in total. The molecule has 0 saturated heterocycles. The first kappa shape index (κ1) is 18.2. The molecular weight excluding hydrogens is 308 g/mol. The van der Waals surface area contributed by atoms with Gasteiger partial charge in [0.05, 0.1) is 4.92 Å². The van der Waals surface area contributed by atoms with Gasteiger partial charge in [-0.2, -0.15) is 0 Å². The lowest BCUT2D eigenvalue weighted by atomic mass is 10.2. The first-order valence-corrected chi connectivity index (χ1v) is 6.68. The number of carboxylic acid groups (broad SMARTS) is 1. The Hall–Kier alpha value is -2.84. The van der Waals surface area contributed by atoms with Gasteiger partial charge in [0.2, 0.25) is 0 Å². The van der Waals surface area contributed by atoms with Crippen LogP contribution >= 0.6 is 0 Å². The molecule has 0 bridgehead atoms. The van der Waals surface area contributed by atoms with E-state index in [9.17, 15) is 19.7 Å². The van der Waals surface area contributed by atoms with Gasteiger partial charge >= 0.3 is 17.7 Å². The molecule has 0 fully saturated rings. The minimum absolute atomic E-state index is 0.0882. The number of aliphatic carboxylic acids is 1. The molecule has 0 spiro atoms. The highest BCUT2D eigenvalue weighted by Crippen LogP contribution is 2.25. The number of nitro benzene ring substituents is 1. The quantitative estimate of drug-likeness (QED) is 0.604. The predicted octanol–water partition coefficient (Wildman–Crippen LogP) is 1.95. The van der Waals surface area contributed by atoms with E-state index in [0.29, 0.717) is 0 Å². The summed E-state index contributed by atoms with van der Waals surface area (Å²) in [5.41, 5.74) is -1.08. The normalized spacial score (nSPS) is 12.1. The SMILES string of the molecule is CC(C)(C)OC(=O)N[C@H](COc1ccccc1[N+](=O)[O-])C(=O)O. The standard InChI is InChI=1S/C14H18N2O7/c1-14(2,3)23-13(19)15-9(12(17)18)8-22-11-7-5-4-6-10(11)16(20)21/h4-7,9H,8H2,1-3H3,(H,15,19)(H,17,18)/t9-/m1/s1. The third kappa shape index (κ3) is 6.20. The Balaban J connectivity index is 2.73. The van der Waals surface area contributed by atoms with Crippen molar-refractivity contribution in [2.45, 2.75) is 32.4 Å². The minimum Gasteiger partial charge on any atom is -0.484 e. The summed E-state index contributed by atoms with van der Waals surface area (Å²) >= 11 is 0. The number of ether oxygens (including phenoxy) is 2. The number of carbonyl (C=O) groups is 2. The average molecular weight is 326 g/mol. The Bertz CT molecular complexity index is 595. The smallest absolute Gasteiger partial charge is 0.408 e. The van der Waals surface area contributed by atoms with Crippen molar-refractivity contribution in [1.82, 2.24) is 5.32 Å². The monoisotopic (exact) mass is 326 g/mol. The molecule has 23 heavy (non-hydrogen) atoms. The van der Waals surface area contributed by atoms with Gasteiger partial charge < -0.3 is 19.9 Å². The van der Waals surface area contributed by atoms with Crippen LogP contribution in [-0.4, -0.2) is 40.3 Å². The summed E-state index contributed by atoms with van der Waals surface area (Å²) in [5, 5.41) is 22.1. The van der Waals surface area contributed by atoms with Gasteiger partial charge in [-0.05, 0) is 26.8 Å². The van der Waals surface area contributed by atoms with Gasteiger partial charge in [-0.1, -0.05) is 12.1 Å². The molecule has 0 aromatic heterocycles. The van der Waals surface area contributed by atoms with E-state index >= 15 is 0 Å². The van der Waals surface area contributed by atoms with Gasteiger partial charge in [-0.25, -0.2) is 9.59 Å². The van der Waals surface area contributed by atoms with Crippen molar-refractivity contribution in [1.29, 1.82) is 0 Å². The zero-order valence-corrected chi connectivity index (χ0v) is 12.9. The van der Waals surface area contributed by atoms with E-state index in [4.69, 9.17) is 14.6 Å². The number of rotatable bonds is 6. The topological polar surface area (TPSA) is 128 Å². The zero-order chi connectivity index (χ0) is 17.6. The van der Waals surface area contributed by atoms with Crippen LogP contribution in [0.15, 0.2) is 24.3 Å². The number of nitrogens with zero attached hydrogens (tertiary/aromatic N) is 1. The molecule has 1 rings (SSSR count). The van der Waals surface area contributed by atoms with Crippen molar-refractivity contribution < 1.29 is 29.1 Å². The van der Waals surface area contributed by atoms with E-state index in [2.05, 4.69) is 5.32 Å². The third-order valence-corrected chi connectivity index (χ3v) is 2.46. The number of hydrogen-bond donors (Lipinski definition) is 2. The second kappa shape index (κ2) is 7.43. The van der Waals surface area contributed by atoms with Crippen LogP contribution in [0.25, 0.3) is 0 Å². The molecule has 0 heterocycles. The summed E-state index contributed by atoms with van der Waals surface area (Å²) in [4.78, 5) is 33.0. The third-order valence-electron chi connectivity index (χ3n) is 2.46. The maximum absolute atomic E-state index is 11.6. The molecule has 1 aromatic rings. The number of nitrogens with one attached hydrogen (secondary N) is 1. The molecule has 0 unspecified atom stereocenters. The number of nitro groups is 1. The van der Waals surface area contributed by atoms with E-state index in [-0.39, 0.29) is 11.4 Å². The average Bonchev–Trinajstić information content (AvgIpc) is 2.41. The fraction of sp³-hybridized carbons (Fsp3) is 0.429. The van der Waals surface area contributed by atoms with Gasteiger partial charge in [0.25, 0.3) is 0 Å². The molecule has 0 aliphatic rings. The van der Waals surface area contributed by atoms with Gasteiger partial charge in [-0.15, -0.1) is 0 Å². The van der Waals surface area contributed by atoms with E-state index in [0.717, 1.165) is 0 Å². The van der Waals surface area contributed by atoms with Crippen LogP contribution in [0.2, 0.25) is 0 Å². The van der Waals surface area contributed by atoms with E-state index in [1.165, 1.54) is 24.3 Å². The molecule has 1 atom stereocenters. The highest BCUT2D eigenvalue weighted by molar-refractivity contribution is 5.80. The van der Waals surface area contributed by atoms with E-state index < -0.39 is 35.2 Å². The fourth-order valence-corrected chi connectivity index (χ4v) is 1.53. The Morgan fingerprint density at radius 3 is 2.48 bits per heavy atom. The number of amides is 1. The lowest BCUT2D eigenvalue weighted by Crippen LogP contribution is -2.46. The molecule has 0 aliphatic carbocycles. The fourth-order valence-electron chi connectivity index (χ4n) is 1.53. The number of carboxylic acids is 1. The Morgan fingerprint density at radius 2 is 1.96 bits per heavy atom. The molecule has 126 valence electrons. The van der Waals surface area contributed by atoms with Crippen molar-refractivity contribution in [2.24, 2.45) is 0 Å². The summed E-state index contributed by atoms with van der Waals surface area (Å²) in [6.07, 6.45) is -0.920. The van der Waals surface area contributed by atoms with Gasteiger partial charge in [0.15, 0.2) is 11.8 Å². The molecule has 0 saturated carbocycles. The molecule has 1 aromatic carbocycles. The Kier molecular flexibility index (Phi) is 5.88. The number of carbonyl (C=O) groups excluding carboxylic acids is 1. The highest BCUT2D eigenvalue weighted by atomic mass is 16.6. The van der Waals surface area contributed by atoms with Crippen molar-refractivity contribution in [3.8, 4) is 5.75 Å². The van der Waals surface area contributed by atoms with Crippen molar-refractivity contribution >= 4 is 17.7 Å². The zero-order valence-electron chi connectivity index (χ0n) is 12.9. The van der Waals surface area contributed by atoms with Crippen LogP contribution in [0.3, 0.4) is 0 Å². The predicted molar refractivity (Wildman–Crippen MR) is 79.4 cm³/mol. The molecule has 9 heteroatoms. The van der Waals surface area contributed by atoms with Crippen LogP contribution in [-0.2, 0) is 9.53 Å². The van der Waals surface area contributed by atoms with Crippen LogP contribution in [0.5, 0.6) is 5.75 Å². The Labute approximate surface area is 132 Å². The van der Waals surface area contributed by atoms with Crippen LogP contribution in [0, 0.1) is 10.1 Å². The second-order valence-electron chi connectivity index (χ2n) is 5.57. The molecule has 1 amide bonds. The molecule has 0 radical (unpaired) electrons. The minimum atomic E-state index is -1.41. The second-order valence-corrected chi connectivity index (χ2v) is 5.57. The lowest BCUT2D eigenvalue weighted by molar-refractivity contribution is -0.385. The highest BCUT2D eigenvalue weighted by Gasteiger charge is 2.25. The van der Waals surface area contributed by atoms with Crippen LogP contribution < -0.4 is 10.1 Å². The van der Waals surface area contributed by atoms with Crippen molar-refractivity contribution in [2.75, 3.05) is 6.61 Å². The summed E-state index contributed by atoms with van der Waals surface area (Å²) in [5.74, 6) is -1.44. The van der Waals surface area contributed by atoms with Gasteiger partial charge in [0.1, 0.15) is 12.2 Å². The number of para-hydroxylation sites is 2. The molecular formula is C14H18N2O7. The molecule has 9 nitrogen and oxygen atoms in total. The summed E-state index contributed by atoms with van der Waals surface area (Å²) < 4.78 is 10.1. The summed E-state index contributed by atoms with van der Waals surface area (Å²) in [6.45, 7) is 4.41. The number of alkyl carbamates (subject to hydrolysis) is 1. The van der Waals surface area contributed by atoms with Gasteiger partial charge in [-0.3, -0.25) is 10.1 Å². The molecule has 0 aliphatic heterocycles. The maximum atomic E-state index is 11.6. The van der Waals surface area contributed by atoms with Gasteiger partial charge in [0, 0.05) is 6.07 Å². The van der Waals surface area contributed by atoms with E-state index in [1.54, 1.807) is 20.8 Å². The summed E-state index contributed by atoms with van der Waals surface area (Å²) in [6, 6.07) is 4.12. The summed E-state index contributed by atoms with van der Waals surface area (Å²) in [7, 11) is 0. The van der Waals surface area contributed by atoms with Crippen molar-refractivity contribution in [3.05, 3.63) is 34.4 Å². The van der Waals surface area contributed by atoms with Crippen LogP contribution in [0.4, 0.5) is 10.5 Å². The lowest BCUT2D eigenvalue weighted by Gasteiger charge is -2.22. The maximum Gasteiger partial charge on any atom is 0.408 e. The Morgan fingerprint density at radius 1 is 1.35 bits per heavy atom.